The van der Waals surface area contributed by atoms with Crippen LogP contribution in [0, 0.1) is 0 Å². The molecule has 27 heavy (non-hydrogen) atoms. The molecule has 2 unspecified atom stereocenters. The van der Waals surface area contributed by atoms with Crippen LogP contribution >= 0.6 is 12.4 Å². The van der Waals surface area contributed by atoms with Crippen molar-refractivity contribution < 1.29 is 22.7 Å². The van der Waals surface area contributed by atoms with Crippen molar-refractivity contribution in [3.05, 3.63) is 29.3 Å². The van der Waals surface area contributed by atoms with Gasteiger partial charge < -0.3 is 15.4 Å². The molecule has 0 spiro atoms. The van der Waals surface area contributed by atoms with Gasteiger partial charge in [-0.05, 0) is 38.0 Å². The van der Waals surface area contributed by atoms with Gasteiger partial charge in [-0.3, -0.25) is 9.59 Å². The molecule has 1 saturated heterocycles. The summed E-state index contributed by atoms with van der Waals surface area (Å²) in [6.07, 6.45) is 1.30. The second-order valence-electron chi connectivity index (χ2n) is 6.69. The summed E-state index contributed by atoms with van der Waals surface area (Å²) >= 11 is 0. The van der Waals surface area contributed by atoms with E-state index in [1.807, 2.05) is 0 Å². The molecule has 150 valence electrons. The van der Waals surface area contributed by atoms with Gasteiger partial charge in [0.1, 0.15) is 4.90 Å². The van der Waals surface area contributed by atoms with E-state index >= 15 is 0 Å². The van der Waals surface area contributed by atoms with Crippen LogP contribution in [0.2, 0.25) is 0 Å². The van der Waals surface area contributed by atoms with Crippen molar-refractivity contribution in [2.45, 2.75) is 36.8 Å². The van der Waals surface area contributed by atoms with Gasteiger partial charge in [-0.2, -0.15) is 0 Å². The third-order valence-corrected chi connectivity index (χ3v) is 6.76. The minimum atomic E-state index is -3.98. The van der Waals surface area contributed by atoms with Gasteiger partial charge >= 0.3 is 0 Å². The van der Waals surface area contributed by atoms with E-state index < -0.39 is 15.9 Å². The highest BCUT2D eigenvalue weighted by Crippen LogP contribution is 2.32. The Balaban J connectivity index is 0.00000261. The Labute approximate surface area is 165 Å². The molecule has 2 aliphatic rings. The molecule has 2 aliphatic heterocycles. The highest BCUT2D eigenvalue weighted by molar-refractivity contribution is 7.90. The summed E-state index contributed by atoms with van der Waals surface area (Å²) in [5.74, 6) is -0.913. The summed E-state index contributed by atoms with van der Waals surface area (Å²) in [6.45, 7) is 2.67. The number of ether oxygens (including phenoxy) is 1. The van der Waals surface area contributed by atoms with Gasteiger partial charge in [-0.1, -0.05) is 0 Å². The number of likely N-dealkylation sites (N-methyl/N-ethyl adjacent to an activating group) is 1. The minimum absolute atomic E-state index is 0. The van der Waals surface area contributed by atoms with E-state index in [0.29, 0.717) is 13.2 Å². The van der Waals surface area contributed by atoms with Crippen molar-refractivity contribution in [2.75, 3.05) is 26.7 Å². The van der Waals surface area contributed by atoms with Gasteiger partial charge in [0.15, 0.2) is 0 Å². The van der Waals surface area contributed by atoms with Crippen molar-refractivity contribution >= 4 is 34.2 Å². The summed E-state index contributed by atoms with van der Waals surface area (Å²) < 4.78 is 32.0. The van der Waals surface area contributed by atoms with Gasteiger partial charge in [0, 0.05) is 31.8 Å². The number of hydrogen-bond acceptors (Lipinski definition) is 6. The normalized spacial score (nSPS) is 21.5. The average molecular weight is 418 g/mol. The molecule has 1 aromatic rings. The summed E-state index contributed by atoms with van der Waals surface area (Å²) in [6, 6.07) is 3.97. The molecule has 1 fully saturated rings. The fourth-order valence-corrected chi connectivity index (χ4v) is 4.75. The van der Waals surface area contributed by atoms with Crippen LogP contribution in [0.25, 0.3) is 0 Å². The first-order valence-corrected chi connectivity index (χ1v) is 10.0. The fourth-order valence-electron chi connectivity index (χ4n) is 3.12. The largest absolute Gasteiger partial charge is 0.376 e. The SMILES string of the molecule is CC(CN)N(C)C(=O)c1ccc2c(c1)S(=O)(=O)N(CC1CCCO1)C2=O.Cl. The second-order valence-corrected chi connectivity index (χ2v) is 8.52. The number of benzene rings is 1. The topological polar surface area (TPSA) is 110 Å². The Kier molecular flexibility index (Phi) is 6.51. The Hall–Kier alpha value is -1.68. The smallest absolute Gasteiger partial charge is 0.269 e. The summed E-state index contributed by atoms with van der Waals surface area (Å²) in [5, 5.41) is 0. The van der Waals surface area contributed by atoms with Crippen LogP contribution in [0.3, 0.4) is 0 Å². The zero-order valence-electron chi connectivity index (χ0n) is 15.3. The number of sulfonamides is 1. The van der Waals surface area contributed by atoms with Crippen LogP contribution in [0.1, 0.15) is 40.5 Å². The van der Waals surface area contributed by atoms with Crippen LogP contribution in [0.15, 0.2) is 23.1 Å². The molecule has 0 aromatic heterocycles. The first kappa shape index (κ1) is 21.6. The number of nitrogens with two attached hydrogens (primary N) is 1. The number of nitrogens with zero attached hydrogens (tertiary/aromatic N) is 2. The number of fused-ring (bicyclic) bond motifs is 1. The lowest BCUT2D eigenvalue weighted by molar-refractivity contribution is 0.0706. The third kappa shape index (κ3) is 3.82. The maximum atomic E-state index is 12.8. The second kappa shape index (κ2) is 8.14. The zero-order chi connectivity index (χ0) is 19.1. The lowest BCUT2D eigenvalue weighted by Gasteiger charge is -2.23. The number of carbonyl (C=O) groups is 2. The first-order chi connectivity index (χ1) is 12.3. The predicted octanol–water partition coefficient (Wildman–Crippen LogP) is 0.851. The number of carbonyl (C=O) groups excluding carboxylic acids is 2. The number of halogens is 1. The Morgan fingerprint density at radius 2 is 2.15 bits per heavy atom. The molecule has 0 bridgehead atoms. The molecule has 2 amide bonds. The summed E-state index contributed by atoms with van der Waals surface area (Å²) in [7, 11) is -2.37. The van der Waals surface area contributed by atoms with E-state index in [1.165, 1.54) is 23.1 Å². The van der Waals surface area contributed by atoms with Crippen LogP contribution in [0.5, 0.6) is 0 Å². The third-order valence-electron chi connectivity index (χ3n) is 4.97. The van der Waals surface area contributed by atoms with Crippen LogP contribution < -0.4 is 5.73 Å². The average Bonchev–Trinajstić information content (AvgIpc) is 3.21. The van der Waals surface area contributed by atoms with Crippen LogP contribution in [0.4, 0.5) is 0 Å². The molecular weight excluding hydrogens is 394 g/mol. The molecular formula is C17H24ClN3O5S. The van der Waals surface area contributed by atoms with Gasteiger partial charge in [0.25, 0.3) is 21.8 Å². The number of rotatable bonds is 5. The molecule has 0 aliphatic carbocycles. The monoisotopic (exact) mass is 417 g/mol. The Morgan fingerprint density at radius 1 is 1.44 bits per heavy atom. The van der Waals surface area contributed by atoms with Crippen molar-refractivity contribution in [1.82, 2.24) is 9.21 Å². The molecule has 0 saturated carbocycles. The van der Waals surface area contributed by atoms with Crippen molar-refractivity contribution in [1.29, 1.82) is 0 Å². The molecule has 8 nitrogen and oxygen atoms in total. The maximum Gasteiger partial charge on any atom is 0.269 e. The van der Waals surface area contributed by atoms with Crippen molar-refractivity contribution in [3.63, 3.8) is 0 Å². The van der Waals surface area contributed by atoms with Crippen LogP contribution in [-0.4, -0.2) is 68.3 Å². The van der Waals surface area contributed by atoms with E-state index in [0.717, 1.165) is 17.1 Å². The molecule has 2 N–H and O–H groups in total. The highest BCUT2D eigenvalue weighted by atomic mass is 35.5. The van der Waals surface area contributed by atoms with E-state index in [9.17, 15) is 18.0 Å². The van der Waals surface area contributed by atoms with E-state index in [1.54, 1.807) is 14.0 Å². The predicted molar refractivity (Wildman–Crippen MR) is 101 cm³/mol. The Morgan fingerprint density at radius 3 is 2.74 bits per heavy atom. The van der Waals surface area contributed by atoms with Gasteiger partial charge in [-0.25, -0.2) is 12.7 Å². The fraction of sp³-hybridized carbons (Fsp3) is 0.529. The van der Waals surface area contributed by atoms with E-state index in [4.69, 9.17) is 10.5 Å². The number of amides is 2. The quantitative estimate of drug-likeness (QED) is 0.760. The maximum absolute atomic E-state index is 12.8. The van der Waals surface area contributed by atoms with Gasteiger partial charge in [0.2, 0.25) is 0 Å². The zero-order valence-corrected chi connectivity index (χ0v) is 16.9. The molecule has 3 rings (SSSR count). The van der Waals surface area contributed by atoms with Gasteiger partial charge in [-0.15, -0.1) is 12.4 Å². The Bertz CT molecular complexity index is 839. The summed E-state index contributed by atoms with van der Waals surface area (Å²) in [5.41, 5.74) is 5.89. The minimum Gasteiger partial charge on any atom is -0.376 e. The highest BCUT2D eigenvalue weighted by Gasteiger charge is 2.43. The molecule has 10 heteroatoms. The lowest BCUT2D eigenvalue weighted by atomic mass is 10.1. The van der Waals surface area contributed by atoms with Crippen LogP contribution in [-0.2, 0) is 14.8 Å². The van der Waals surface area contributed by atoms with E-state index in [2.05, 4.69) is 0 Å². The standard InChI is InChI=1S/C17H23N3O5S.ClH/c1-11(9-18)19(2)16(21)12-5-6-14-15(8-12)26(23,24)20(17(14)22)10-13-4-3-7-25-13;/h5-6,8,11,13H,3-4,7,9-10,18H2,1-2H3;1H. The molecule has 2 atom stereocenters. The molecule has 2 heterocycles. The molecule has 1 aromatic carbocycles. The number of hydrogen-bond donors (Lipinski definition) is 1. The van der Waals surface area contributed by atoms with Gasteiger partial charge in [0.05, 0.1) is 18.2 Å². The first-order valence-electron chi connectivity index (χ1n) is 8.57. The lowest BCUT2D eigenvalue weighted by Crippen LogP contribution is -2.39. The van der Waals surface area contributed by atoms with E-state index in [-0.39, 0.29) is 53.0 Å². The summed E-state index contributed by atoms with van der Waals surface area (Å²) in [4.78, 5) is 26.4. The van der Waals surface area contributed by atoms with Crippen molar-refractivity contribution in [2.24, 2.45) is 5.73 Å². The molecule has 0 radical (unpaired) electrons. The van der Waals surface area contributed by atoms with Crippen molar-refractivity contribution in [3.8, 4) is 0 Å².